The molecule has 2 saturated carbocycles. The number of carbonyl (C=O) groups is 1. The number of unbranched alkanes of at least 4 members (excludes halogenated alkanes) is 1. The zero-order valence-corrected chi connectivity index (χ0v) is 15.9. The summed E-state index contributed by atoms with van der Waals surface area (Å²) in [6.45, 7) is 4.52. The van der Waals surface area contributed by atoms with E-state index in [9.17, 15) is 4.79 Å². The van der Waals surface area contributed by atoms with Gasteiger partial charge in [-0.05, 0) is 50.4 Å². The van der Waals surface area contributed by atoms with Gasteiger partial charge in [-0.15, -0.1) is 0 Å². The van der Waals surface area contributed by atoms with E-state index in [0.717, 1.165) is 30.6 Å². The first-order valence-corrected chi connectivity index (χ1v) is 10.5. The van der Waals surface area contributed by atoms with Crippen LogP contribution in [0.15, 0.2) is 0 Å². The maximum Gasteiger partial charge on any atom is 0.508 e. The standard InChI is InChI=1S/C21H38O3/c1-3-5-6-17-7-9-18(10-8-17)11-12-19-13-15-20(16-14-19)24-21(22)23-4-2/h17-20H,3-16H2,1-2H3. The van der Waals surface area contributed by atoms with Crippen molar-refractivity contribution in [2.45, 2.75) is 103 Å². The molecule has 0 radical (unpaired) electrons. The summed E-state index contributed by atoms with van der Waals surface area (Å²) in [5, 5.41) is 0. The highest BCUT2D eigenvalue weighted by molar-refractivity contribution is 5.60. The van der Waals surface area contributed by atoms with Gasteiger partial charge in [0.1, 0.15) is 6.10 Å². The normalized spacial score (nSPS) is 30.8. The average molecular weight is 339 g/mol. The van der Waals surface area contributed by atoms with Gasteiger partial charge in [-0.2, -0.15) is 0 Å². The third-order valence-electron chi connectivity index (χ3n) is 6.23. The van der Waals surface area contributed by atoms with Crippen molar-refractivity contribution in [3.05, 3.63) is 0 Å². The average Bonchev–Trinajstić information content (AvgIpc) is 2.60. The van der Waals surface area contributed by atoms with Gasteiger partial charge in [-0.3, -0.25) is 0 Å². The topological polar surface area (TPSA) is 35.5 Å². The van der Waals surface area contributed by atoms with E-state index in [0.29, 0.717) is 6.61 Å². The van der Waals surface area contributed by atoms with Gasteiger partial charge in [-0.1, -0.05) is 64.7 Å². The Labute approximate surface area is 148 Å². The zero-order valence-electron chi connectivity index (χ0n) is 15.9. The maximum atomic E-state index is 11.4. The molecule has 0 spiro atoms. The van der Waals surface area contributed by atoms with Crippen molar-refractivity contribution in [1.82, 2.24) is 0 Å². The van der Waals surface area contributed by atoms with Gasteiger partial charge in [0.05, 0.1) is 6.61 Å². The van der Waals surface area contributed by atoms with Gasteiger partial charge in [-0.25, -0.2) is 4.79 Å². The van der Waals surface area contributed by atoms with E-state index >= 15 is 0 Å². The summed E-state index contributed by atoms with van der Waals surface area (Å²) in [4.78, 5) is 11.4. The summed E-state index contributed by atoms with van der Waals surface area (Å²) in [6, 6.07) is 0. The van der Waals surface area contributed by atoms with Crippen molar-refractivity contribution in [2.75, 3.05) is 6.61 Å². The van der Waals surface area contributed by atoms with Crippen molar-refractivity contribution in [1.29, 1.82) is 0 Å². The van der Waals surface area contributed by atoms with Gasteiger partial charge in [0.15, 0.2) is 0 Å². The number of hydrogen-bond donors (Lipinski definition) is 0. The summed E-state index contributed by atoms with van der Waals surface area (Å²) in [5.41, 5.74) is 0. The molecular formula is C21H38O3. The number of carbonyl (C=O) groups excluding carboxylic acids is 1. The minimum absolute atomic E-state index is 0.0919. The van der Waals surface area contributed by atoms with E-state index in [1.165, 1.54) is 70.6 Å². The summed E-state index contributed by atoms with van der Waals surface area (Å²) in [6.07, 6.45) is 17.0. The molecule has 0 aromatic heterocycles. The Balaban J connectivity index is 1.54. The minimum Gasteiger partial charge on any atom is -0.435 e. The van der Waals surface area contributed by atoms with Crippen LogP contribution in [0.25, 0.3) is 0 Å². The highest BCUT2D eigenvalue weighted by Crippen LogP contribution is 2.37. The first-order chi connectivity index (χ1) is 11.7. The Morgan fingerprint density at radius 1 is 0.792 bits per heavy atom. The molecule has 3 heteroatoms. The molecule has 0 saturated heterocycles. The van der Waals surface area contributed by atoms with Crippen LogP contribution in [-0.4, -0.2) is 18.9 Å². The highest BCUT2D eigenvalue weighted by atomic mass is 16.7. The lowest BCUT2D eigenvalue weighted by molar-refractivity contribution is 0.00713. The van der Waals surface area contributed by atoms with Crippen molar-refractivity contribution < 1.29 is 14.3 Å². The second-order valence-corrected chi connectivity index (χ2v) is 8.05. The Hall–Kier alpha value is -0.730. The van der Waals surface area contributed by atoms with Crippen LogP contribution in [0.2, 0.25) is 0 Å². The lowest BCUT2D eigenvalue weighted by Gasteiger charge is -2.31. The van der Waals surface area contributed by atoms with E-state index < -0.39 is 6.16 Å². The molecule has 3 nitrogen and oxygen atoms in total. The molecule has 0 atom stereocenters. The lowest BCUT2D eigenvalue weighted by atomic mass is 9.76. The van der Waals surface area contributed by atoms with E-state index in [1.807, 2.05) is 6.92 Å². The second-order valence-electron chi connectivity index (χ2n) is 8.05. The summed E-state index contributed by atoms with van der Waals surface area (Å²) in [7, 11) is 0. The molecule has 0 bridgehead atoms. The third-order valence-corrected chi connectivity index (χ3v) is 6.23. The SMILES string of the molecule is CCCCC1CCC(CCC2CCC(OC(=O)OCC)CC2)CC1. The molecule has 0 aromatic carbocycles. The summed E-state index contributed by atoms with van der Waals surface area (Å²) >= 11 is 0. The molecule has 0 aliphatic heterocycles. The summed E-state index contributed by atoms with van der Waals surface area (Å²) in [5.74, 6) is 2.86. The predicted octanol–water partition coefficient (Wildman–Crippen LogP) is 6.50. The van der Waals surface area contributed by atoms with Crippen LogP contribution in [0.4, 0.5) is 4.79 Å². The molecule has 0 unspecified atom stereocenters. The zero-order chi connectivity index (χ0) is 17.2. The van der Waals surface area contributed by atoms with Crippen LogP contribution in [-0.2, 0) is 9.47 Å². The van der Waals surface area contributed by atoms with Crippen LogP contribution in [0, 0.1) is 17.8 Å². The van der Waals surface area contributed by atoms with Gasteiger partial charge in [0.25, 0.3) is 0 Å². The molecule has 0 amide bonds. The first-order valence-electron chi connectivity index (χ1n) is 10.5. The molecule has 24 heavy (non-hydrogen) atoms. The predicted molar refractivity (Wildman–Crippen MR) is 98.1 cm³/mol. The van der Waals surface area contributed by atoms with Crippen LogP contribution < -0.4 is 0 Å². The smallest absolute Gasteiger partial charge is 0.435 e. The molecule has 2 aliphatic carbocycles. The van der Waals surface area contributed by atoms with Gasteiger partial charge < -0.3 is 9.47 Å². The van der Waals surface area contributed by atoms with E-state index in [2.05, 4.69) is 6.92 Å². The van der Waals surface area contributed by atoms with E-state index in [-0.39, 0.29) is 6.10 Å². The van der Waals surface area contributed by atoms with Gasteiger partial charge in [0, 0.05) is 0 Å². The molecule has 140 valence electrons. The molecule has 0 N–H and O–H groups in total. The fraction of sp³-hybridized carbons (Fsp3) is 0.952. The minimum atomic E-state index is -0.485. The Kier molecular flexibility index (Phi) is 8.98. The lowest BCUT2D eigenvalue weighted by Crippen LogP contribution is -2.25. The van der Waals surface area contributed by atoms with Crippen LogP contribution in [0.5, 0.6) is 0 Å². The highest BCUT2D eigenvalue weighted by Gasteiger charge is 2.26. The van der Waals surface area contributed by atoms with Crippen molar-refractivity contribution in [3.8, 4) is 0 Å². The van der Waals surface area contributed by atoms with Crippen molar-refractivity contribution in [3.63, 3.8) is 0 Å². The van der Waals surface area contributed by atoms with Crippen molar-refractivity contribution in [2.24, 2.45) is 17.8 Å². The fourth-order valence-corrected chi connectivity index (χ4v) is 4.60. The van der Waals surface area contributed by atoms with E-state index in [4.69, 9.17) is 9.47 Å². The molecule has 2 rings (SSSR count). The maximum absolute atomic E-state index is 11.4. The monoisotopic (exact) mass is 338 g/mol. The van der Waals surface area contributed by atoms with Crippen LogP contribution >= 0.6 is 0 Å². The number of rotatable bonds is 8. The van der Waals surface area contributed by atoms with Crippen LogP contribution in [0.3, 0.4) is 0 Å². The first kappa shape index (κ1) is 19.6. The second kappa shape index (κ2) is 11.0. The third kappa shape index (κ3) is 7.03. The largest absolute Gasteiger partial charge is 0.508 e. The number of hydrogen-bond acceptors (Lipinski definition) is 3. The number of ether oxygens (including phenoxy) is 2. The van der Waals surface area contributed by atoms with E-state index in [1.54, 1.807) is 0 Å². The Morgan fingerprint density at radius 3 is 1.79 bits per heavy atom. The van der Waals surface area contributed by atoms with Gasteiger partial charge >= 0.3 is 6.16 Å². The Morgan fingerprint density at radius 2 is 1.29 bits per heavy atom. The molecular weight excluding hydrogens is 300 g/mol. The molecule has 0 aromatic rings. The van der Waals surface area contributed by atoms with Crippen molar-refractivity contribution >= 4 is 6.16 Å². The molecule has 0 heterocycles. The molecule has 2 aliphatic rings. The Bertz CT molecular complexity index is 339. The van der Waals surface area contributed by atoms with Gasteiger partial charge in [0.2, 0.25) is 0 Å². The fourth-order valence-electron chi connectivity index (χ4n) is 4.60. The quantitative estimate of drug-likeness (QED) is 0.474. The van der Waals surface area contributed by atoms with Crippen LogP contribution in [0.1, 0.15) is 97.3 Å². The molecule has 2 fully saturated rings. The summed E-state index contributed by atoms with van der Waals surface area (Å²) < 4.78 is 10.2.